The summed E-state index contributed by atoms with van der Waals surface area (Å²) in [6.07, 6.45) is 4.93. The number of piperazine rings is 1. The lowest BCUT2D eigenvalue weighted by atomic mass is 10.1. The molecule has 3 nitrogen and oxygen atoms in total. The van der Waals surface area contributed by atoms with Crippen molar-refractivity contribution in [3.63, 3.8) is 0 Å². The van der Waals surface area contributed by atoms with E-state index in [1.54, 1.807) is 0 Å². The summed E-state index contributed by atoms with van der Waals surface area (Å²) < 4.78 is 6.01. The topological polar surface area (TPSA) is 15.7 Å². The fourth-order valence-corrected chi connectivity index (χ4v) is 3.63. The normalized spacial score (nSPS) is 16.4. The summed E-state index contributed by atoms with van der Waals surface area (Å²) in [6.45, 7) is 6.90. The van der Waals surface area contributed by atoms with E-state index >= 15 is 0 Å². The number of unbranched alkanes of at least 4 members (excludes halogenated alkanes) is 3. The van der Waals surface area contributed by atoms with E-state index in [2.05, 4.69) is 22.9 Å². The molecule has 4 heteroatoms. The van der Waals surface area contributed by atoms with E-state index in [-0.39, 0.29) is 0 Å². The van der Waals surface area contributed by atoms with Gasteiger partial charge in [-0.15, -0.1) is 0 Å². The summed E-state index contributed by atoms with van der Waals surface area (Å²) in [5, 5.41) is 2.95. The Kier molecular flexibility index (Phi) is 6.97. The van der Waals surface area contributed by atoms with E-state index in [0.717, 1.165) is 34.6 Å². The molecule has 0 aliphatic carbocycles. The molecule has 0 spiro atoms. The zero-order valence-corrected chi connectivity index (χ0v) is 16.0. The molecule has 136 valence electrons. The number of fused-ring (bicyclic) bond motifs is 1. The fourth-order valence-electron chi connectivity index (χ4n) is 3.41. The highest BCUT2D eigenvalue weighted by Crippen LogP contribution is 2.31. The van der Waals surface area contributed by atoms with Crippen LogP contribution < -0.4 is 4.74 Å². The van der Waals surface area contributed by atoms with Crippen LogP contribution in [0.4, 0.5) is 0 Å². The predicted molar refractivity (Wildman–Crippen MR) is 107 cm³/mol. The summed E-state index contributed by atoms with van der Waals surface area (Å²) in [4.78, 5) is 5.00. The van der Waals surface area contributed by atoms with Crippen molar-refractivity contribution in [3.05, 3.63) is 41.4 Å². The molecule has 0 amide bonds. The van der Waals surface area contributed by atoms with Crippen LogP contribution in [0, 0.1) is 0 Å². The van der Waals surface area contributed by atoms with Crippen molar-refractivity contribution < 1.29 is 4.74 Å². The number of rotatable bonds is 8. The number of benzene rings is 2. The van der Waals surface area contributed by atoms with Crippen LogP contribution >= 0.6 is 11.6 Å². The molecular formula is C21H29ClN2O. The molecule has 0 unspecified atom stereocenters. The van der Waals surface area contributed by atoms with E-state index in [0.29, 0.717) is 0 Å². The van der Waals surface area contributed by atoms with Gasteiger partial charge < -0.3 is 14.5 Å². The standard InChI is InChI=1S/C21H29ClN2O/c1-23-13-15-24(16-14-23)12-6-2-3-7-17-25-21-11-10-20(22)18-8-4-5-9-19(18)21/h4-5,8-11H,2-3,6-7,12-17H2,1H3. The van der Waals surface area contributed by atoms with E-state index < -0.39 is 0 Å². The van der Waals surface area contributed by atoms with Crippen molar-refractivity contribution in [1.29, 1.82) is 0 Å². The molecular weight excluding hydrogens is 332 g/mol. The van der Waals surface area contributed by atoms with Crippen molar-refractivity contribution >= 4 is 22.4 Å². The minimum absolute atomic E-state index is 0.778. The third-order valence-corrected chi connectivity index (χ3v) is 5.38. The lowest BCUT2D eigenvalue weighted by Crippen LogP contribution is -2.44. The zero-order valence-electron chi connectivity index (χ0n) is 15.2. The summed E-state index contributed by atoms with van der Waals surface area (Å²) in [5.41, 5.74) is 0. The molecule has 1 aliphatic heterocycles. The van der Waals surface area contributed by atoms with Crippen LogP contribution in [0.25, 0.3) is 10.8 Å². The van der Waals surface area contributed by atoms with Gasteiger partial charge in [-0.3, -0.25) is 0 Å². The molecule has 0 atom stereocenters. The Balaban J connectivity index is 1.33. The van der Waals surface area contributed by atoms with Crippen molar-refractivity contribution in [3.8, 4) is 5.75 Å². The van der Waals surface area contributed by atoms with Crippen LogP contribution in [0.1, 0.15) is 25.7 Å². The first-order valence-corrected chi connectivity index (χ1v) is 9.83. The summed E-state index contributed by atoms with van der Waals surface area (Å²) >= 11 is 6.26. The Labute approximate surface area is 156 Å². The van der Waals surface area contributed by atoms with Crippen LogP contribution in [0.15, 0.2) is 36.4 Å². The van der Waals surface area contributed by atoms with E-state index in [9.17, 15) is 0 Å². The molecule has 1 aliphatic rings. The molecule has 1 saturated heterocycles. The van der Waals surface area contributed by atoms with Gasteiger partial charge in [0, 0.05) is 42.0 Å². The molecule has 1 fully saturated rings. The number of hydrogen-bond donors (Lipinski definition) is 0. The highest BCUT2D eigenvalue weighted by atomic mass is 35.5. The summed E-state index contributed by atoms with van der Waals surface area (Å²) in [7, 11) is 2.21. The first-order chi connectivity index (χ1) is 12.2. The van der Waals surface area contributed by atoms with Gasteiger partial charge in [-0.25, -0.2) is 0 Å². The van der Waals surface area contributed by atoms with Crippen LogP contribution in [-0.4, -0.2) is 56.2 Å². The van der Waals surface area contributed by atoms with Gasteiger partial charge in [-0.2, -0.15) is 0 Å². The smallest absolute Gasteiger partial charge is 0.127 e. The predicted octanol–water partition coefficient (Wildman–Crippen LogP) is 4.68. The Hall–Kier alpha value is -1.29. The molecule has 0 saturated carbocycles. The first-order valence-electron chi connectivity index (χ1n) is 9.45. The first kappa shape index (κ1) is 18.5. The van der Waals surface area contributed by atoms with Gasteiger partial charge in [0.1, 0.15) is 5.75 Å². The highest BCUT2D eigenvalue weighted by molar-refractivity contribution is 6.35. The molecule has 0 radical (unpaired) electrons. The van der Waals surface area contributed by atoms with E-state index in [1.807, 2.05) is 30.3 Å². The molecule has 3 rings (SSSR count). The number of likely N-dealkylation sites (N-methyl/N-ethyl adjacent to an activating group) is 1. The molecule has 0 bridgehead atoms. The van der Waals surface area contributed by atoms with Crippen LogP contribution in [0.2, 0.25) is 5.02 Å². The highest BCUT2D eigenvalue weighted by Gasteiger charge is 2.12. The van der Waals surface area contributed by atoms with Crippen molar-refractivity contribution in [2.24, 2.45) is 0 Å². The molecule has 2 aromatic carbocycles. The Bertz CT molecular complexity index is 668. The number of nitrogens with zero attached hydrogens (tertiary/aromatic N) is 2. The third-order valence-electron chi connectivity index (χ3n) is 5.05. The summed E-state index contributed by atoms with van der Waals surface area (Å²) in [5.74, 6) is 0.942. The van der Waals surface area contributed by atoms with Crippen LogP contribution in [-0.2, 0) is 0 Å². The largest absolute Gasteiger partial charge is 0.493 e. The van der Waals surface area contributed by atoms with Gasteiger partial charge in [-0.1, -0.05) is 48.7 Å². The quantitative estimate of drug-likeness (QED) is 0.636. The monoisotopic (exact) mass is 360 g/mol. The SMILES string of the molecule is CN1CCN(CCCCCCOc2ccc(Cl)c3ccccc23)CC1. The Morgan fingerprint density at radius 2 is 1.60 bits per heavy atom. The van der Waals surface area contributed by atoms with Crippen LogP contribution in [0.5, 0.6) is 5.75 Å². The molecule has 1 heterocycles. The molecule has 25 heavy (non-hydrogen) atoms. The average molecular weight is 361 g/mol. The second kappa shape index (κ2) is 9.42. The lowest BCUT2D eigenvalue weighted by Gasteiger charge is -2.32. The van der Waals surface area contributed by atoms with Crippen molar-refractivity contribution in [2.45, 2.75) is 25.7 Å². The van der Waals surface area contributed by atoms with Crippen molar-refractivity contribution in [2.75, 3.05) is 46.4 Å². The van der Waals surface area contributed by atoms with E-state index in [1.165, 1.54) is 52.0 Å². The van der Waals surface area contributed by atoms with Gasteiger partial charge in [0.2, 0.25) is 0 Å². The van der Waals surface area contributed by atoms with E-state index in [4.69, 9.17) is 16.3 Å². The Morgan fingerprint density at radius 1 is 0.880 bits per heavy atom. The maximum absolute atomic E-state index is 6.26. The lowest BCUT2D eigenvalue weighted by molar-refractivity contribution is 0.151. The number of hydrogen-bond acceptors (Lipinski definition) is 3. The number of halogens is 1. The van der Waals surface area contributed by atoms with Crippen LogP contribution in [0.3, 0.4) is 0 Å². The summed E-state index contributed by atoms with van der Waals surface area (Å²) in [6, 6.07) is 12.1. The maximum Gasteiger partial charge on any atom is 0.127 e. The van der Waals surface area contributed by atoms with Crippen molar-refractivity contribution in [1.82, 2.24) is 9.80 Å². The Morgan fingerprint density at radius 3 is 2.40 bits per heavy atom. The van der Waals surface area contributed by atoms with Gasteiger partial charge >= 0.3 is 0 Å². The van der Waals surface area contributed by atoms with Gasteiger partial charge in [0.15, 0.2) is 0 Å². The maximum atomic E-state index is 6.26. The van der Waals surface area contributed by atoms with Gasteiger partial charge in [-0.05, 0) is 38.6 Å². The second-order valence-electron chi connectivity index (χ2n) is 7.00. The third kappa shape index (κ3) is 5.34. The minimum Gasteiger partial charge on any atom is -0.493 e. The number of ether oxygens (including phenoxy) is 1. The minimum atomic E-state index is 0.778. The molecule has 2 aromatic rings. The fraction of sp³-hybridized carbons (Fsp3) is 0.524. The zero-order chi connectivity index (χ0) is 17.5. The van der Waals surface area contributed by atoms with Gasteiger partial charge in [0.05, 0.1) is 6.61 Å². The molecule has 0 N–H and O–H groups in total. The van der Waals surface area contributed by atoms with Gasteiger partial charge in [0.25, 0.3) is 0 Å². The molecule has 0 aromatic heterocycles. The average Bonchev–Trinajstić information content (AvgIpc) is 2.64. The second-order valence-corrected chi connectivity index (χ2v) is 7.41.